The zero-order valence-electron chi connectivity index (χ0n) is 12.3. The van der Waals surface area contributed by atoms with Gasteiger partial charge in [-0.1, -0.05) is 35.3 Å². The van der Waals surface area contributed by atoms with Crippen molar-refractivity contribution in [2.75, 3.05) is 13.2 Å². The van der Waals surface area contributed by atoms with Gasteiger partial charge in [0.15, 0.2) is 5.75 Å². The van der Waals surface area contributed by atoms with Crippen LogP contribution in [-0.4, -0.2) is 13.2 Å². The first-order chi connectivity index (χ1) is 10.6. The van der Waals surface area contributed by atoms with Gasteiger partial charge in [-0.25, -0.2) is 4.39 Å². The van der Waals surface area contributed by atoms with Crippen LogP contribution >= 0.6 is 23.2 Å². The first-order valence-electron chi connectivity index (χ1n) is 7.16. The number of benzene rings is 2. The minimum atomic E-state index is -0.213. The highest BCUT2D eigenvalue weighted by atomic mass is 35.5. The molecular formula is C17H18Cl2FNO. The maximum Gasteiger partial charge on any atom is 0.156 e. The molecule has 2 aromatic rings. The van der Waals surface area contributed by atoms with E-state index in [1.54, 1.807) is 12.1 Å². The maximum atomic E-state index is 12.8. The van der Waals surface area contributed by atoms with Crippen molar-refractivity contribution in [2.24, 2.45) is 0 Å². The van der Waals surface area contributed by atoms with Crippen molar-refractivity contribution in [2.45, 2.75) is 19.9 Å². The van der Waals surface area contributed by atoms with E-state index in [2.05, 4.69) is 5.32 Å². The Morgan fingerprint density at radius 3 is 2.27 bits per heavy atom. The van der Waals surface area contributed by atoms with Crippen LogP contribution in [0.4, 0.5) is 4.39 Å². The van der Waals surface area contributed by atoms with E-state index in [4.69, 9.17) is 27.9 Å². The summed E-state index contributed by atoms with van der Waals surface area (Å²) in [4.78, 5) is 0. The zero-order valence-corrected chi connectivity index (χ0v) is 13.8. The van der Waals surface area contributed by atoms with E-state index in [0.717, 1.165) is 24.1 Å². The Hall–Kier alpha value is -1.29. The van der Waals surface area contributed by atoms with Crippen LogP contribution in [0.1, 0.15) is 18.1 Å². The van der Waals surface area contributed by atoms with Gasteiger partial charge >= 0.3 is 0 Å². The standard InChI is InChI=1S/C17H18Cl2FNO/c1-2-22-17-15(18)9-13(10-16(17)19)11-21-8-7-12-3-5-14(20)6-4-12/h3-6,9-10,21H,2,7-8,11H2,1H3. The molecule has 22 heavy (non-hydrogen) atoms. The molecule has 0 radical (unpaired) electrons. The molecule has 2 rings (SSSR count). The topological polar surface area (TPSA) is 21.3 Å². The van der Waals surface area contributed by atoms with E-state index in [1.165, 1.54) is 12.1 Å². The van der Waals surface area contributed by atoms with Gasteiger partial charge in [0.2, 0.25) is 0 Å². The van der Waals surface area contributed by atoms with Crippen molar-refractivity contribution >= 4 is 23.2 Å². The molecule has 0 saturated heterocycles. The van der Waals surface area contributed by atoms with Crippen molar-refractivity contribution in [3.05, 3.63) is 63.4 Å². The average Bonchev–Trinajstić information content (AvgIpc) is 2.49. The van der Waals surface area contributed by atoms with Gasteiger partial charge in [0.1, 0.15) is 5.82 Å². The quantitative estimate of drug-likeness (QED) is 0.726. The van der Waals surface area contributed by atoms with Gasteiger partial charge in [0.05, 0.1) is 16.7 Å². The molecule has 5 heteroatoms. The molecule has 0 atom stereocenters. The van der Waals surface area contributed by atoms with E-state index >= 15 is 0 Å². The van der Waals surface area contributed by atoms with E-state index in [-0.39, 0.29) is 5.82 Å². The Morgan fingerprint density at radius 2 is 1.68 bits per heavy atom. The van der Waals surface area contributed by atoms with Gasteiger partial charge in [-0.15, -0.1) is 0 Å². The number of ether oxygens (including phenoxy) is 1. The lowest BCUT2D eigenvalue weighted by atomic mass is 10.1. The van der Waals surface area contributed by atoms with Crippen molar-refractivity contribution in [3.63, 3.8) is 0 Å². The van der Waals surface area contributed by atoms with E-state index in [0.29, 0.717) is 28.9 Å². The predicted octanol–water partition coefficient (Wildman–Crippen LogP) is 4.86. The molecule has 118 valence electrons. The maximum absolute atomic E-state index is 12.8. The summed E-state index contributed by atoms with van der Waals surface area (Å²) in [6.07, 6.45) is 0.832. The lowest BCUT2D eigenvalue weighted by Crippen LogP contribution is -2.16. The van der Waals surface area contributed by atoms with Crippen LogP contribution in [0, 0.1) is 5.82 Å². The molecule has 1 N–H and O–H groups in total. The summed E-state index contributed by atoms with van der Waals surface area (Å²) in [5, 5.41) is 4.36. The van der Waals surface area contributed by atoms with Crippen LogP contribution in [0.5, 0.6) is 5.75 Å². The smallest absolute Gasteiger partial charge is 0.156 e. The Labute approximate surface area is 140 Å². The minimum Gasteiger partial charge on any atom is -0.491 e. The van der Waals surface area contributed by atoms with Crippen molar-refractivity contribution in [1.29, 1.82) is 0 Å². The first kappa shape index (κ1) is 17.1. The SMILES string of the molecule is CCOc1c(Cl)cc(CNCCc2ccc(F)cc2)cc1Cl. The summed E-state index contributed by atoms with van der Waals surface area (Å²) >= 11 is 12.3. The summed E-state index contributed by atoms with van der Waals surface area (Å²) in [5.74, 6) is 0.316. The summed E-state index contributed by atoms with van der Waals surface area (Å²) in [7, 11) is 0. The lowest BCUT2D eigenvalue weighted by molar-refractivity contribution is 0.340. The first-order valence-corrected chi connectivity index (χ1v) is 7.91. The number of nitrogens with one attached hydrogen (secondary N) is 1. The van der Waals surface area contributed by atoms with Crippen molar-refractivity contribution in [3.8, 4) is 5.75 Å². The Balaban J connectivity index is 1.85. The Morgan fingerprint density at radius 1 is 1.05 bits per heavy atom. The summed E-state index contributed by atoms with van der Waals surface area (Å²) < 4.78 is 18.2. The fourth-order valence-corrected chi connectivity index (χ4v) is 2.75. The van der Waals surface area contributed by atoms with Crippen LogP contribution in [0.3, 0.4) is 0 Å². The van der Waals surface area contributed by atoms with Gasteiger partial charge in [-0.05, 0) is 55.3 Å². The van der Waals surface area contributed by atoms with Gasteiger partial charge in [-0.2, -0.15) is 0 Å². The fourth-order valence-electron chi connectivity index (χ4n) is 2.11. The molecular weight excluding hydrogens is 324 g/mol. The third-order valence-electron chi connectivity index (χ3n) is 3.18. The molecule has 0 heterocycles. The second-order valence-corrected chi connectivity index (χ2v) is 5.69. The second-order valence-electron chi connectivity index (χ2n) is 4.87. The predicted molar refractivity (Wildman–Crippen MR) is 89.4 cm³/mol. The highest BCUT2D eigenvalue weighted by Crippen LogP contribution is 2.34. The Bertz CT molecular complexity index is 594. The van der Waals surface area contributed by atoms with Gasteiger partial charge in [0.25, 0.3) is 0 Å². The Kier molecular flexibility index (Phi) is 6.49. The molecule has 0 saturated carbocycles. The highest BCUT2D eigenvalue weighted by Gasteiger charge is 2.09. The molecule has 0 unspecified atom stereocenters. The second kappa shape index (κ2) is 8.37. The normalized spacial score (nSPS) is 10.7. The molecule has 0 amide bonds. The van der Waals surface area contributed by atoms with Crippen LogP contribution in [-0.2, 0) is 13.0 Å². The number of rotatable bonds is 7. The van der Waals surface area contributed by atoms with Gasteiger partial charge in [-0.3, -0.25) is 0 Å². The van der Waals surface area contributed by atoms with E-state index in [9.17, 15) is 4.39 Å². The number of hydrogen-bond donors (Lipinski definition) is 1. The van der Waals surface area contributed by atoms with Crippen molar-refractivity contribution < 1.29 is 9.13 Å². The largest absolute Gasteiger partial charge is 0.491 e. The van der Waals surface area contributed by atoms with Crippen LogP contribution in [0.2, 0.25) is 10.0 Å². The lowest BCUT2D eigenvalue weighted by Gasteiger charge is -2.11. The average molecular weight is 342 g/mol. The monoisotopic (exact) mass is 341 g/mol. The third-order valence-corrected chi connectivity index (χ3v) is 3.74. The van der Waals surface area contributed by atoms with Gasteiger partial charge in [0, 0.05) is 6.54 Å². The van der Waals surface area contributed by atoms with Gasteiger partial charge < -0.3 is 10.1 Å². The van der Waals surface area contributed by atoms with Crippen LogP contribution in [0.25, 0.3) is 0 Å². The zero-order chi connectivity index (χ0) is 15.9. The molecule has 0 aliphatic heterocycles. The molecule has 0 aromatic heterocycles. The third kappa shape index (κ3) is 4.87. The van der Waals surface area contributed by atoms with E-state index < -0.39 is 0 Å². The molecule has 0 aliphatic rings. The number of hydrogen-bond acceptors (Lipinski definition) is 2. The summed E-state index contributed by atoms with van der Waals surface area (Å²) in [6, 6.07) is 10.2. The highest BCUT2D eigenvalue weighted by molar-refractivity contribution is 6.37. The summed E-state index contributed by atoms with van der Waals surface area (Å²) in [6.45, 7) is 3.85. The molecule has 2 aromatic carbocycles. The summed E-state index contributed by atoms with van der Waals surface area (Å²) in [5.41, 5.74) is 2.09. The molecule has 0 fully saturated rings. The van der Waals surface area contributed by atoms with Crippen LogP contribution in [0.15, 0.2) is 36.4 Å². The molecule has 0 bridgehead atoms. The molecule has 0 spiro atoms. The molecule has 0 aliphatic carbocycles. The minimum absolute atomic E-state index is 0.213. The number of halogens is 3. The van der Waals surface area contributed by atoms with Crippen LogP contribution < -0.4 is 10.1 Å². The molecule has 2 nitrogen and oxygen atoms in total. The van der Waals surface area contributed by atoms with Crippen molar-refractivity contribution in [1.82, 2.24) is 5.32 Å². The van der Waals surface area contributed by atoms with E-state index in [1.807, 2.05) is 19.1 Å². The fraction of sp³-hybridized carbons (Fsp3) is 0.294.